The number of rotatable bonds is 6. The Bertz CT molecular complexity index is 2150. The normalized spacial score (nSPS) is 24.0. The van der Waals surface area contributed by atoms with E-state index in [0.717, 1.165) is 120 Å². The predicted octanol–water partition coefficient (Wildman–Crippen LogP) is 4.39. The molecule has 2 N–H and O–H groups in total. The van der Waals surface area contributed by atoms with Crippen molar-refractivity contribution in [1.29, 1.82) is 5.26 Å². The van der Waals surface area contributed by atoms with Crippen LogP contribution in [0.4, 0.5) is 17.1 Å². The minimum atomic E-state index is -1.23. The summed E-state index contributed by atoms with van der Waals surface area (Å²) in [6.45, 7) is 8.93. The van der Waals surface area contributed by atoms with Crippen LogP contribution in [0.3, 0.4) is 0 Å². The van der Waals surface area contributed by atoms with Gasteiger partial charge in [0, 0.05) is 112 Å². The summed E-state index contributed by atoms with van der Waals surface area (Å²) in [7, 11) is 0. The Morgan fingerprint density at radius 3 is 2.12 bits per heavy atom. The Morgan fingerprint density at radius 2 is 1.43 bits per heavy atom. The minimum Gasteiger partial charge on any atom is -0.371 e. The maximum atomic E-state index is 13.6. The molecule has 2 unspecified atom stereocenters. The highest BCUT2D eigenvalue weighted by atomic mass is 35.5. The molecule has 0 bridgehead atoms. The second-order valence-electron chi connectivity index (χ2n) is 16.9. The van der Waals surface area contributed by atoms with Gasteiger partial charge in [-0.2, -0.15) is 5.26 Å². The van der Waals surface area contributed by atoms with Gasteiger partial charge >= 0.3 is 0 Å². The van der Waals surface area contributed by atoms with Gasteiger partial charge in [0.25, 0.3) is 11.8 Å². The van der Waals surface area contributed by atoms with Crippen LogP contribution in [0.25, 0.3) is 0 Å². The van der Waals surface area contributed by atoms with Gasteiger partial charge in [-0.1, -0.05) is 11.6 Å². The molecule has 3 aromatic rings. The van der Waals surface area contributed by atoms with E-state index < -0.39 is 18.2 Å². The molecule has 6 aliphatic rings. The summed E-state index contributed by atoms with van der Waals surface area (Å²) in [6, 6.07) is 21.1. The summed E-state index contributed by atoms with van der Waals surface area (Å²) in [4.78, 5) is 63.8. The molecule has 0 aromatic heterocycles. The Balaban J connectivity index is 0.731. The number of fused-ring (bicyclic) bond motifs is 1. The number of amides is 4. The molecule has 4 amide bonds. The van der Waals surface area contributed by atoms with Crippen molar-refractivity contribution in [1.82, 2.24) is 20.0 Å². The van der Waals surface area contributed by atoms with Gasteiger partial charge in [0.05, 0.1) is 10.6 Å². The van der Waals surface area contributed by atoms with Gasteiger partial charge in [-0.15, -0.1) is 0 Å². The number of piperidine rings is 3. The average Bonchev–Trinajstić information content (AvgIpc) is 3.77. The van der Waals surface area contributed by atoms with Gasteiger partial charge in [0.1, 0.15) is 12.1 Å². The van der Waals surface area contributed by atoms with E-state index in [-0.39, 0.29) is 36.0 Å². The van der Waals surface area contributed by atoms with Crippen LogP contribution >= 0.6 is 11.6 Å². The van der Waals surface area contributed by atoms with Crippen LogP contribution in [0.1, 0.15) is 83.0 Å². The van der Waals surface area contributed by atoms with Crippen molar-refractivity contribution in [2.75, 3.05) is 80.1 Å². The number of imide groups is 1. The number of piperazine rings is 1. The summed E-state index contributed by atoms with van der Waals surface area (Å²) < 4.78 is 0. The van der Waals surface area contributed by atoms with Gasteiger partial charge in [-0.05, 0) is 105 Å². The number of benzene rings is 3. The van der Waals surface area contributed by atoms with Crippen LogP contribution in [-0.4, -0.2) is 121 Å². The van der Waals surface area contributed by atoms with Crippen molar-refractivity contribution in [3.63, 3.8) is 0 Å². The number of carbonyl (C=O) groups excluding carboxylic acids is 4. The van der Waals surface area contributed by atoms with Crippen LogP contribution in [0.2, 0.25) is 5.02 Å². The van der Waals surface area contributed by atoms with E-state index in [1.807, 2.05) is 41.3 Å². The summed E-state index contributed by atoms with van der Waals surface area (Å²) in [6.07, 6.45) is 4.19. The maximum absolute atomic E-state index is 13.6. The molecule has 5 saturated heterocycles. The maximum Gasteiger partial charge on any atom is 0.257 e. The molecular formula is C44H49ClN8O5. The van der Waals surface area contributed by atoms with E-state index in [2.05, 4.69) is 43.1 Å². The summed E-state index contributed by atoms with van der Waals surface area (Å²) in [5.74, 6) is -1.19. The molecule has 6 aliphatic heterocycles. The third-order valence-electron chi connectivity index (χ3n) is 13.7. The largest absolute Gasteiger partial charge is 0.371 e. The molecule has 3 aromatic carbocycles. The first-order valence-corrected chi connectivity index (χ1v) is 21.0. The fourth-order valence-electron chi connectivity index (χ4n) is 10.2. The molecule has 58 heavy (non-hydrogen) atoms. The molecule has 2 atom stereocenters. The standard InChI is InChI=1S/C44H49ClN8O5/c45-37-26-34(6-3-30(37)27-46)52-20-15-44(28-52)13-18-51(19-14-44)41(56)29-1-4-31(5-2-29)49-21-23-50(24-22-49)32-11-16-48(17-12-32)33-7-8-35-36(25-33)43(58)53(42(35)57)38-9-10-39(54)47-40(38)55/h1-8,25-26,32,38,43,58H,9-24,28H2,(H,47,54,55). The Kier molecular flexibility index (Phi) is 10.3. The molecule has 302 valence electrons. The van der Waals surface area contributed by atoms with E-state index in [4.69, 9.17) is 11.6 Å². The van der Waals surface area contributed by atoms with Gasteiger partial charge < -0.3 is 24.7 Å². The molecule has 9 rings (SSSR count). The number of carbonyl (C=O) groups is 4. The zero-order valence-electron chi connectivity index (χ0n) is 32.6. The van der Waals surface area contributed by atoms with Crippen molar-refractivity contribution < 1.29 is 24.3 Å². The van der Waals surface area contributed by atoms with Crippen molar-refractivity contribution in [2.24, 2.45) is 5.41 Å². The quantitative estimate of drug-likeness (QED) is 0.345. The molecule has 14 heteroatoms. The number of likely N-dealkylation sites (tertiary alicyclic amines) is 1. The Morgan fingerprint density at radius 1 is 0.776 bits per heavy atom. The van der Waals surface area contributed by atoms with Crippen LogP contribution in [0.15, 0.2) is 60.7 Å². The Labute approximate surface area is 343 Å². The van der Waals surface area contributed by atoms with E-state index >= 15 is 0 Å². The van der Waals surface area contributed by atoms with Gasteiger partial charge in [-0.25, -0.2) is 0 Å². The average molecular weight is 805 g/mol. The number of aliphatic hydroxyl groups excluding tert-OH is 1. The number of nitrogens with one attached hydrogen (secondary N) is 1. The Hall–Kier alpha value is -5.16. The first-order chi connectivity index (χ1) is 28.1. The fraction of sp³-hybridized carbons (Fsp3) is 0.477. The van der Waals surface area contributed by atoms with Crippen molar-refractivity contribution >= 4 is 52.3 Å². The van der Waals surface area contributed by atoms with Gasteiger partial charge in [0.15, 0.2) is 6.23 Å². The third-order valence-corrected chi connectivity index (χ3v) is 14.0. The van der Waals surface area contributed by atoms with Crippen molar-refractivity contribution in [2.45, 2.75) is 63.3 Å². The number of halogens is 1. The molecule has 1 spiro atoms. The number of aliphatic hydroxyl groups is 1. The smallest absolute Gasteiger partial charge is 0.257 e. The van der Waals surface area contributed by atoms with Gasteiger partial charge in [-0.3, -0.25) is 34.3 Å². The van der Waals surface area contributed by atoms with E-state index in [1.54, 1.807) is 12.1 Å². The first kappa shape index (κ1) is 38.4. The van der Waals surface area contributed by atoms with Crippen LogP contribution in [-0.2, 0) is 9.59 Å². The highest BCUT2D eigenvalue weighted by molar-refractivity contribution is 6.32. The second kappa shape index (κ2) is 15.5. The fourth-order valence-corrected chi connectivity index (χ4v) is 10.4. The lowest BCUT2D eigenvalue weighted by molar-refractivity contribution is -0.139. The molecule has 0 aliphatic carbocycles. The monoisotopic (exact) mass is 804 g/mol. The van der Waals surface area contributed by atoms with Crippen LogP contribution < -0.4 is 20.0 Å². The predicted molar refractivity (Wildman–Crippen MR) is 220 cm³/mol. The topological polar surface area (TPSA) is 144 Å². The number of anilines is 3. The molecule has 0 radical (unpaired) electrons. The molecule has 0 saturated carbocycles. The zero-order chi connectivity index (χ0) is 40.1. The highest BCUT2D eigenvalue weighted by Crippen LogP contribution is 2.43. The summed E-state index contributed by atoms with van der Waals surface area (Å²) in [5, 5.41) is 23.2. The van der Waals surface area contributed by atoms with Gasteiger partial charge in [0.2, 0.25) is 11.8 Å². The second-order valence-corrected chi connectivity index (χ2v) is 17.3. The number of nitrogens with zero attached hydrogens (tertiary/aromatic N) is 7. The minimum absolute atomic E-state index is 0.102. The van der Waals surface area contributed by atoms with Crippen molar-refractivity contribution in [3.8, 4) is 6.07 Å². The zero-order valence-corrected chi connectivity index (χ0v) is 33.4. The molecule has 5 fully saturated rings. The molecular weight excluding hydrogens is 756 g/mol. The van der Waals surface area contributed by atoms with E-state index in [1.165, 1.54) is 4.90 Å². The lowest BCUT2D eigenvalue weighted by atomic mass is 9.77. The summed E-state index contributed by atoms with van der Waals surface area (Å²) in [5.41, 5.74) is 5.49. The number of hydrogen-bond acceptors (Lipinski definition) is 10. The highest BCUT2D eigenvalue weighted by Gasteiger charge is 2.45. The van der Waals surface area contributed by atoms with Crippen LogP contribution in [0.5, 0.6) is 0 Å². The van der Waals surface area contributed by atoms with E-state index in [9.17, 15) is 29.5 Å². The summed E-state index contributed by atoms with van der Waals surface area (Å²) >= 11 is 6.32. The lowest BCUT2D eigenvalue weighted by Gasteiger charge is -2.44. The SMILES string of the molecule is N#Cc1ccc(N2CCC3(CCN(C(=O)c4ccc(N5CCN(C6CCN(c7ccc8c(c7)C(O)N(C7CCC(=O)NC7=O)C8=O)CC6)CC5)cc4)CC3)C2)cc1Cl. The molecule has 13 nitrogen and oxygen atoms in total. The van der Waals surface area contributed by atoms with Crippen molar-refractivity contribution in [3.05, 3.63) is 87.9 Å². The molecule has 6 heterocycles. The lowest BCUT2D eigenvalue weighted by Crippen LogP contribution is -2.53. The van der Waals surface area contributed by atoms with E-state index in [0.29, 0.717) is 27.8 Å². The number of hydrogen-bond donors (Lipinski definition) is 2. The van der Waals surface area contributed by atoms with Crippen LogP contribution in [0, 0.1) is 16.7 Å². The first-order valence-electron chi connectivity index (χ1n) is 20.7. The number of nitriles is 1. The third kappa shape index (κ3) is 7.16.